The third kappa shape index (κ3) is 3.79. The van der Waals surface area contributed by atoms with Crippen LogP contribution in [0.4, 0.5) is 0 Å². The molecule has 6 heteroatoms. The summed E-state index contributed by atoms with van der Waals surface area (Å²) >= 11 is 1.44. The van der Waals surface area contributed by atoms with Crippen LogP contribution in [0.3, 0.4) is 0 Å². The van der Waals surface area contributed by atoms with Crippen molar-refractivity contribution in [2.24, 2.45) is 0 Å². The fraction of sp³-hybridized carbons (Fsp3) is 0.316. The number of hydrogen-bond donors (Lipinski definition) is 1. The van der Waals surface area contributed by atoms with Crippen molar-refractivity contribution in [3.8, 4) is 11.1 Å². The van der Waals surface area contributed by atoms with Crippen molar-refractivity contribution in [3.05, 3.63) is 52.4 Å². The Morgan fingerprint density at radius 3 is 2.80 bits per heavy atom. The zero-order valence-electron chi connectivity index (χ0n) is 14.4. The summed E-state index contributed by atoms with van der Waals surface area (Å²) < 4.78 is 1.38. The minimum Gasteiger partial charge on any atom is -0.352 e. The number of rotatable bonds is 6. The van der Waals surface area contributed by atoms with Crippen molar-refractivity contribution in [2.75, 3.05) is 0 Å². The Morgan fingerprint density at radius 2 is 2.08 bits per heavy atom. The molecule has 1 unspecified atom stereocenters. The van der Waals surface area contributed by atoms with Crippen LogP contribution in [0.25, 0.3) is 21.3 Å². The number of benzene rings is 1. The summed E-state index contributed by atoms with van der Waals surface area (Å²) in [6.07, 6.45) is 3.38. The summed E-state index contributed by atoms with van der Waals surface area (Å²) in [5.74, 6) is -0.166. The molecule has 0 spiro atoms. The topological polar surface area (TPSA) is 64.0 Å². The van der Waals surface area contributed by atoms with Gasteiger partial charge in [-0.25, -0.2) is 4.98 Å². The number of aromatic nitrogens is 2. The molecule has 0 aliphatic carbocycles. The van der Waals surface area contributed by atoms with Crippen molar-refractivity contribution in [1.82, 2.24) is 14.9 Å². The largest absolute Gasteiger partial charge is 0.352 e. The van der Waals surface area contributed by atoms with E-state index >= 15 is 0 Å². The molecule has 0 saturated carbocycles. The molecule has 0 radical (unpaired) electrons. The molecular weight excluding hydrogens is 334 g/mol. The summed E-state index contributed by atoms with van der Waals surface area (Å²) in [6.45, 7) is 4.03. The number of carbonyl (C=O) groups is 1. The average Bonchev–Trinajstić information content (AvgIpc) is 3.03. The van der Waals surface area contributed by atoms with Gasteiger partial charge in [0, 0.05) is 17.0 Å². The van der Waals surface area contributed by atoms with Gasteiger partial charge in [-0.05, 0) is 18.9 Å². The molecular formula is C19H21N3O2S. The van der Waals surface area contributed by atoms with Crippen LogP contribution in [0.1, 0.15) is 26.7 Å². The zero-order valence-corrected chi connectivity index (χ0v) is 15.2. The van der Waals surface area contributed by atoms with Crippen LogP contribution in [0.2, 0.25) is 0 Å². The van der Waals surface area contributed by atoms with E-state index in [4.69, 9.17) is 0 Å². The first-order chi connectivity index (χ1) is 12.1. The third-order valence-electron chi connectivity index (χ3n) is 4.09. The molecule has 25 heavy (non-hydrogen) atoms. The van der Waals surface area contributed by atoms with Crippen molar-refractivity contribution in [1.29, 1.82) is 0 Å². The van der Waals surface area contributed by atoms with E-state index in [9.17, 15) is 9.59 Å². The van der Waals surface area contributed by atoms with Gasteiger partial charge in [0.25, 0.3) is 5.56 Å². The first kappa shape index (κ1) is 17.4. The van der Waals surface area contributed by atoms with E-state index in [0.717, 1.165) is 24.0 Å². The van der Waals surface area contributed by atoms with E-state index in [-0.39, 0.29) is 24.1 Å². The molecule has 0 saturated heterocycles. The number of nitrogens with one attached hydrogen (secondary N) is 1. The molecule has 0 fully saturated rings. The SMILES string of the molecule is CCCC(C)NC(=O)Cn1cnc2scc(-c3ccccc3)c2c1=O. The highest BCUT2D eigenvalue weighted by Crippen LogP contribution is 2.30. The summed E-state index contributed by atoms with van der Waals surface area (Å²) in [6, 6.07) is 9.86. The summed E-state index contributed by atoms with van der Waals surface area (Å²) in [5, 5.41) is 5.44. The Kier molecular flexibility index (Phi) is 5.28. The van der Waals surface area contributed by atoms with Gasteiger partial charge in [-0.1, -0.05) is 43.7 Å². The van der Waals surface area contributed by atoms with Gasteiger partial charge >= 0.3 is 0 Å². The lowest BCUT2D eigenvalue weighted by Gasteiger charge is -2.13. The van der Waals surface area contributed by atoms with Gasteiger partial charge in [0.15, 0.2) is 0 Å². The quantitative estimate of drug-likeness (QED) is 0.737. The fourth-order valence-corrected chi connectivity index (χ4v) is 3.80. The molecule has 3 aromatic rings. The second-order valence-corrected chi connectivity index (χ2v) is 6.99. The fourth-order valence-electron chi connectivity index (χ4n) is 2.89. The van der Waals surface area contributed by atoms with Crippen molar-refractivity contribution >= 4 is 27.5 Å². The van der Waals surface area contributed by atoms with E-state index in [1.807, 2.05) is 42.6 Å². The number of nitrogens with zero attached hydrogens (tertiary/aromatic N) is 2. The molecule has 2 heterocycles. The van der Waals surface area contributed by atoms with E-state index in [0.29, 0.717) is 10.2 Å². The number of fused-ring (bicyclic) bond motifs is 1. The minimum atomic E-state index is -0.177. The monoisotopic (exact) mass is 355 g/mol. The standard InChI is InChI=1S/C19H21N3O2S/c1-3-7-13(2)21-16(23)10-22-12-20-18-17(19(22)24)15(11-25-18)14-8-5-4-6-9-14/h4-6,8-9,11-13H,3,7,10H2,1-2H3,(H,21,23). The van der Waals surface area contributed by atoms with Gasteiger partial charge < -0.3 is 5.32 Å². The van der Waals surface area contributed by atoms with Crippen LogP contribution in [-0.2, 0) is 11.3 Å². The maximum absolute atomic E-state index is 12.9. The Balaban J connectivity index is 1.92. The molecule has 0 aliphatic rings. The Bertz CT molecular complexity index is 931. The van der Waals surface area contributed by atoms with E-state index < -0.39 is 0 Å². The van der Waals surface area contributed by atoms with Gasteiger partial charge in [-0.3, -0.25) is 14.2 Å². The average molecular weight is 355 g/mol. The molecule has 2 aromatic heterocycles. The van der Waals surface area contributed by atoms with Gasteiger partial charge in [-0.2, -0.15) is 0 Å². The van der Waals surface area contributed by atoms with Gasteiger partial charge in [0.05, 0.1) is 11.7 Å². The second-order valence-electron chi connectivity index (χ2n) is 6.13. The van der Waals surface area contributed by atoms with Crippen LogP contribution >= 0.6 is 11.3 Å². The predicted molar refractivity (Wildman–Crippen MR) is 102 cm³/mol. The van der Waals surface area contributed by atoms with Gasteiger partial charge in [0.1, 0.15) is 11.4 Å². The second kappa shape index (κ2) is 7.61. The van der Waals surface area contributed by atoms with Crippen LogP contribution < -0.4 is 10.9 Å². The molecule has 3 rings (SSSR count). The molecule has 1 atom stereocenters. The highest BCUT2D eigenvalue weighted by Gasteiger charge is 2.15. The molecule has 0 bridgehead atoms. The maximum atomic E-state index is 12.9. The lowest BCUT2D eigenvalue weighted by atomic mass is 10.1. The highest BCUT2D eigenvalue weighted by atomic mass is 32.1. The number of hydrogen-bond acceptors (Lipinski definition) is 4. The first-order valence-corrected chi connectivity index (χ1v) is 9.29. The molecule has 1 N–H and O–H groups in total. The molecule has 0 aliphatic heterocycles. The lowest BCUT2D eigenvalue weighted by molar-refractivity contribution is -0.122. The van der Waals surface area contributed by atoms with Crippen LogP contribution in [0, 0.1) is 0 Å². The molecule has 5 nitrogen and oxygen atoms in total. The molecule has 1 amide bonds. The van der Waals surface area contributed by atoms with Gasteiger partial charge in [-0.15, -0.1) is 11.3 Å². The smallest absolute Gasteiger partial charge is 0.263 e. The number of thiophene rings is 1. The lowest BCUT2D eigenvalue weighted by Crippen LogP contribution is -2.37. The Labute approximate surface area is 150 Å². The number of amides is 1. The summed E-state index contributed by atoms with van der Waals surface area (Å²) in [4.78, 5) is 30.1. The zero-order chi connectivity index (χ0) is 17.8. The highest BCUT2D eigenvalue weighted by molar-refractivity contribution is 7.17. The van der Waals surface area contributed by atoms with Crippen molar-refractivity contribution in [3.63, 3.8) is 0 Å². The Hall–Kier alpha value is -2.47. The van der Waals surface area contributed by atoms with Crippen LogP contribution in [0.15, 0.2) is 46.8 Å². The molecule has 1 aromatic carbocycles. The number of carbonyl (C=O) groups excluding carboxylic acids is 1. The normalized spacial score (nSPS) is 12.2. The van der Waals surface area contributed by atoms with Gasteiger partial charge in [0.2, 0.25) is 5.91 Å². The third-order valence-corrected chi connectivity index (χ3v) is 4.97. The summed E-state index contributed by atoms with van der Waals surface area (Å²) in [7, 11) is 0. The van der Waals surface area contributed by atoms with E-state index in [1.54, 1.807) is 0 Å². The van der Waals surface area contributed by atoms with Crippen LogP contribution in [-0.4, -0.2) is 21.5 Å². The molecule has 130 valence electrons. The van der Waals surface area contributed by atoms with E-state index in [1.165, 1.54) is 22.2 Å². The minimum absolute atomic E-state index is 0.0140. The maximum Gasteiger partial charge on any atom is 0.263 e. The van der Waals surface area contributed by atoms with Crippen LogP contribution in [0.5, 0.6) is 0 Å². The van der Waals surface area contributed by atoms with Crippen molar-refractivity contribution < 1.29 is 4.79 Å². The first-order valence-electron chi connectivity index (χ1n) is 8.41. The van der Waals surface area contributed by atoms with E-state index in [2.05, 4.69) is 17.2 Å². The predicted octanol–water partition coefficient (Wildman–Crippen LogP) is 3.43. The van der Waals surface area contributed by atoms with Crippen molar-refractivity contribution in [2.45, 2.75) is 39.3 Å². The summed E-state index contributed by atoms with van der Waals surface area (Å²) in [5.41, 5.74) is 1.67. The Morgan fingerprint density at radius 1 is 1.32 bits per heavy atom.